The van der Waals surface area contributed by atoms with Crippen LogP contribution in [0.4, 0.5) is 0 Å². The minimum atomic E-state index is -0.817. The Hall–Kier alpha value is -2.96. The van der Waals surface area contributed by atoms with Crippen LogP contribution in [0.2, 0.25) is 0 Å². The minimum absolute atomic E-state index is 0.0160. The Balaban J connectivity index is 1.90. The number of benzene rings is 1. The Bertz CT molecular complexity index is 756. The van der Waals surface area contributed by atoms with Crippen LogP contribution in [0, 0.1) is 11.3 Å². The summed E-state index contributed by atoms with van der Waals surface area (Å²) in [4.78, 5) is 30.8. The topological polar surface area (TPSA) is 164 Å². The fraction of sp³-hybridized carbons (Fsp3) is 0.500. The molecule has 1 aromatic carbocycles. The van der Waals surface area contributed by atoms with Crippen molar-refractivity contribution in [1.29, 1.82) is 5.26 Å². The molecule has 3 atom stereocenters. The van der Waals surface area contributed by atoms with Crippen molar-refractivity contribution in [2.75, 3.05) is 13.1 Å². The number of imide groups is 1. The number of nitrogens with one attached hydrogen (secondary N) is 1. The summed E-state index contributed by atoms with van der Waals surface area (Å²) in [5, 5.41) is 12.0. The number of nitriles is 1. The molecule has 0 bridgehead atoms. The van der Waals surface area contributed by atoms with Gasteiger partial charge in [-0.1, -0.05) is 30.3 Å². The molecule has 1 aliphatic heterocycles. The first-order valence-corrected chi connectivity index (χ1v) is 9.77. The summed E-state index contributed by atoms with van der Waals surface area (Å²) in [6.07, 6.45) is 2.90. The fourth-order valence-electron chi connectivity index (χ4n) is 3.50. The van der Waals surface area contributed by atoms with Crippen molar-refractivity contribution in [3.63, 3.8) is 0 Å². The van der Waals surface area contributed by atoms with Gasteiger partial charge in [-0.05, 0) is 37.7 Å². The third-order valence-corrected chi connectivity index (χ3v) is 4.96. The number of nitrogens with two attached hydrogens (primary N) is 3. The van der Waals surface area contributed by atoms with E-state index in [9.17, 15) is 14.9 Å². The van der Waals surface area contributed by atoms with E-state index in [1.165, 1.54) is 0 Å². The first-order chi connectivity index (χ1) is 13.9. The maximum absolute atomic E-state index is 12.7. The van der Waals surface area contributed by atoms with E-state index < -0.39 is 29.9 Å². The molecule has 0 aromatic heterocycles. The first-order valence-electron chi connectivity index (χ1n) is 9.77. The number of carbonyl (C=O) groups excluding carboxylic acids is 2. The van der Waals surface area contributed by atoms with E-state index in [2.05, 4.69) is 16.4 Å². The van der Waals surface area contributed by atoms with Crippen molar-refractivity contribution in [2.24, 2.45) is 22.2 Å². The van der Waals surface area contributed by atoms with E-state index in [1.807, 2.05) is 35.2 Å². The Morgan fingerprint density at radius 1 is 1.31 bits per heavy atom. The summed E-state index contributed by atoms with van der Waals surface area (Å²) in [6.45, 7) is 1.06. The molecule has 9 nitrogen and oxygen atoms in total. The van der Waals surface area contributed by atoms with Gasteiger partial charge in [0.1, 0.15) is 0 Å². The molecular formula is C20H29N7O2. The minimum Gasteiger partial charge on any atom is -0.370 e. The van der Waals surface area contributed by atoms with E-state index >= 15 is 0 Å². The highest BCUT2D eigenvalue weighted by Crippen LogP contribution is 2.22. The summed E-state index contributed by atoms with van der Waals surface area (Å²) in [5.74, 6) is -0.894. The molecule has 156 valence electrons. The molecule has 0 unspecified atom stereocenters. The van der Waals surface area contributed by atoms with E-state index in [4.69, 9.17) is 17.2 Å². The van der Waals surface area contributed by atoms with Crippen molar-refractivity contribution in [2.45, 2.75) is 50.2 Å². The largest absolute Gasteiger partial charge is 0.370 e. The summed E-state index contributed by atoms with van der Waals surface area (Å²) >= 11 is 0. The van der Waals surface area contributed by atoms with Crippen LogP contribution in [0.3, 0.4) is 0 Å². The first kappa shape index (κ1) is 22.3. The smallest absolute Gasteiger partial charge is 0.243 e. The predicted octanol–water partition coefficient (Wildman–Crippen LogP) is -0.391. The zero-order valence-corrected chi connectivity index (χ0v) is 16.5. The highest BCUT2D eigenvalue weighted by atomic mass is 16.2. The normalized spacial score (nSPS) is 18.4. The molecule has 0 spiro atoms. The van der Waals surface area contributed by atoms with Crippen LogP contribution in [0.5, 0.6) is 0 Å². The number of nitrogens with zero attached hydrogens (tertiary/aromatic N) is 3. The van der Waals surface area contributed by atoms with Crippen LogP contribution in [-0.2, 0) is 16.0 Å². The third-order valence-electron chi connectivity index (χ3n) is 4.96. The van der Waals surface area contributed by atoms with Crippen LogP contribution in [0.25, 0.3) is 0 Å². The molecule has 9 heteroatoms. The second-order valence-electron chi connectivity index (χ2n) is 7.14. The fourth-order valence-corrected chi connectivity index (χ4v) is 3.50. The molecule has 1 heterocycles. The average molecular weight is 399 g/mol. The highest BCUT2D eigenvalue weighted by Gasteiger charge is 2.36. The van der Waals surface area contributed by atoms with Crippen LogP contribution in [0.15, 0.2) is 35.3 Å². The SMILES string of the molecule is N#C[C@H](CCCN=C(N)N)N1CCC[C@H]1C(=O)NC(=O)[C@H](N)Cc1ccccc1. The van der Waals surface area contributed by atoms with Crippen LogP contribution in [-0.4, -0.2) is 53.9 Å². The Labute approximate surface area is 170 Å². The molecule has 1 aliphatic rings. The van der Waals surface area contributed by atoms with Gasteiger partial charge < -0.3 is 17.2 Å². The van der Waals surface area contributed by atoms with Crippen LogP contribution < -0.4 is 22.5 Å². The molecule has 1 aromatic rings. The maximum Gasteiger partial charge on any atom is 0.243 e. The van der Waals surface area contributed by atoms with Crippen molar-refractivity contribution in [3.05, 3.63) is 35.9 Å². The maximum atomic E-state index is 12.7. The van der Waals surface area contributed by atoms with Gasteiger partial charge >= 0.3 is 0 Å². The quantitative estimate of drug-likeness (QED) is 0.249. The molecule has 2 amide bonds. The molecule has 0 saturated carbocycles. The molecule has 29 heavy (non-hydrogen) atoms. The molecule has 1 fully saturated rings. The molecule has 0 aliphatic carbocycles. The van der Waals surface area contributed by atoms with E-state index in [0.29, 0.717) is 38.8 Å². The Morgan fingerprint density at radius 2 is 2.03 bits per heavy atom. The standard InChI is InChI=1S/C20H29N7O2/c21-13-15(8-4-10-25-20(23)24)27-11-5-9-17(27)19(29)26-18(28)16(22)12-14-6-2-1-3-7-14/h1-3,6-7,15-17H,4-5,8-12,22H2,(H4,23,24,25)(H,26,28,29)/t15-,16+,17-/m0/s1. The molecule has 2 rings (SSSR count). The number of hydrogen-bond donors (Lipinski definition) is 4. The summed E-state index contributed by atoms with van der Waals surface area (Å²) < 4.78 is 0. The van der Waals surface area contributed by atoms with Gasteiger partial charge in [-0.2, -0.15) is 5.26 Å². The van der Waals surface area contributed by atoms with Gasteiger partial charge in [0.25, 0.3) is 0 Å². The van der Waals surface area contributed by atoms with Crippen molar-refractivity contribution in [1.82, 2.24) is 10.2 Å². The van der Waals surface area contributed by atoms with Gasteiger partial charge in [0, 0.05) is 13.1 Å². The third kappa shape index (κ3) is 6.85. The van der Waals surface area contributed by atoms with Crippen molar-refractivity contribution < 1.29 is 9.59 Å². The van der Waals surface area contributed by atoms with Crippen LogP contribution in [0.1, 0.15) is 31.2 Å². The lowest BCUT2D eigenvalue weighted by Crippen LogP contribution is -2.52. The zero-order valence-electron chi connectivity index (χ0n) is 16.5. The van der Waals surface area contributed by atoms with Crippen LogP contribution >= 0.6 is 0 Å². The number of guanidine groups is 1. The van der Waals surface area contributed by atoms with Gasteiger partial charge in [0.2, 0.25) is 11.8 Å². The van der Waals surface area contributed by atoms with Gasteiger partial charge in [-0.15, -0.1) is 0 Å². The Kier molecular flexibility index (Phi) is 8.58. The number of amides is 2. The summed E-state index contributed by atoms with van der Waals surface area (Å²) in [7, 11) is 0. The Morgan fingerprint density at radius 3 is 2.69 bits per heavy atom. The summed E-state index contributed by atoms with van der Waals surface area (Å²) in [6, 6.07) is 9.87. The van der Waals surface area contributed by atoms with Crippen molar-refractivity contribution >= 4 is 17.8 Å². The highest BCUT2D eigenvalue weighted by molar-refractivity contribution is 6.00. The molecule has 7 N–H and O–H groups in total. The van der Waals surface area contributed by atoms with E-state index in [1.54, 1.807) is 0 Å². The van der Waals surface area contributed by atoms with Gasteiger partial charge in [0.15, 0.2) is 5.96 Å². The molecular weight excluding hydrogens is 370 g/mol. The van der Waals surface area contributed by atoms with E-state index in [-0.39, 0.29) is 5.96 Å². The number of hydrogen-bond acceptors (Lipinski definition) is 6. The lowest BCUT2D eigenvalue weighted by Gasteiger charge is -2.28. The zero-order chi connectivity index (χ0) is 21.2. The lowest BCUT2D eigenvalue weighted by molar-refractivity contribution is -0.134. The van der Waals surface area contributed by atoms with E-state index in [0.717, 1.165) is 12.0 Å². The molecule has 0 radical (unpaired) electrons. The number of aliphatic imine (C=N–C) groups is 1. The van der Waals surface area contributed by atoms with Gasteiger partial charge in [-0.3, -0.25) is 24.8 Å². The lowest BCUT2D eigenvalue weighted by atomic mass is 10.1. The second-order valence-corrected chi connectivity index (χ2v) is 7.14. The average Bonchev–Trinajstić information content (AvgIpc) is 3.18. The number of rotatable bonds is 9. The number of likely N-dealkylation sites (tertiary alicyclic amines) is 1. The number of carbonyl (C=O) groups is 2. The second kappa shape index (κ2) is 11.1. The van der Waals surface area contributed by atoms with Gasteiger partial charge in [0.05, 0.1) is 24.2 Å². The molecule has 1 saturated heterocycles. The van der Waals surface area contributed by atoms with Gasteiger partial charge in [-0.25, -0.2) is 0 Å². The van der Waals surface area contributed by atoms with Crippen molar-refractivity contribution in [3.8, 4) is 6.07 Å². The predicted molar refractivity (Wildman–Crippen MR) is 110 cm³/mol. The summed E-state index contributed by atoms with van der Waals surface area (Å²) in [5.41, 5.74) is 17.5. The monoisotopic (exact) mass is 399 g/mol.